The van der Waals surface area contributed by atoms with Crippen molar-refractivity contribution >= 4 is 5.69 Å². The van der Waals surface area contributed by atoms with Gasteiger partial charge in [0.15, 0.2) is 0 Å². The van der Waals surface area contributed by atoms with Crippen LogP contribution in [0.3, 0.4) is 0 Å². The molecule has 0 unspecified atom stereocenters. The van der Waals surface area contributed by atoms with Crippen LogP contribution in [0.5, 0.6) is 0 Å². The van der Waals surface area contributed by atoms with Crippen molar-refractivity contribution in [2.45, 2.75) is 38.8 Å². The van der Waals surface area contributed by atoms with Gasteiger partial charge in [-0.1, -0.05) is 19.1 Å². The summed E-state index contributed by atoms with van der Waals surface area (Å²) < 4.78 is 0. The van der Waals surface area contributed by atoms with Gasteiger partial charge in [0, 0.05) is 25.3 Å². The molecule has 0 spiro atoms. The summed E-state index contributed by atoms with van der Waals surface area (Å²) in [6, 6.07) is 9.74. The number of hydrogen-bond donors (Lipinski definition) is 1. The van der Waals surface area contributed by atoms with E-state index in [1.54, 1.807) is 0 Å². The van der Waals surface area contributed by atoms with E-state index in [4.69, 9.17) is 0 Å². The fraction of sp³-hybridized carbons (Fsp3) is 0.571. The average molecular weight is 218 g/mol. The third-order valence-electron chi connectivity index (χ3n) is 3.19. The minimum Gasteiger partial charge on any atom is -0.372 e. The summed E-state index contributed by atoms with van der Waals surface area (Å²) in [4.78, 5) is 2.39. The molecule has 2 heteroatoms. The second-order valence-corrected chi connectivity index (χ2v) is 4.69. The van der Waals surface area contributed by atoms with E-state index in [1.807, 2.05) is 0 Å². The van der Waals surface area contributed by atoms with Crippen molar-refractivity contribution < 1.29 is 0 Å². The smallest absolute Gasteiger partial charge is 0.0366 e. The largest absolute Gasteiger partial charge is 0.372 e. The second-order valence-electron chi connectivity index (χ2n) is 4.69. The van der Waals surface area contributed by atoms with Crippen molar-refractivity contribution in [2.24, 2.45) is 0 Å². The first-order valence-electron chi connectivity index (χ1n) is 6.33. The summed E-state index contributed by atoms with van der Waals surface area (Å²) in [6.07, 6.45) is 3.91. The van der Waals surface area contributed by atoms with Gasteiger partial charge in [-0.3, -0.25) is 0 Å². The first kappa shape index (κ1) is 11.5. The van der Waals surface area contributed by atoms with E-state index in [0.717, 1.165) is 19.1 Å². The van der Waals surface area contributed by atoms with Crippen molar-refractivity contribution in [2.75, 3.05) is 18.5 Å². The molecule has 1 aliphatic rings. The van der Waals surface area contributed by atoms with Crippen LogP contribution in [-0.2, 0) is 6.54 Å². The van der Waals surface area contributed by atoms with Crippen molar-refractivity contribution in [3.63, 3.8) is 0 Å². The Bertz CT molecular complexity index is 314. The van der Waals surface area contributed by atoms with E-state index in [2.05, 4.69) is 48.5 Å². The lowest BCUT2D eigenvalue weighted by Gasteiger charge is -2.18. The van der Waals surface area contributed by atoms with Crippen molar-refractivity contribution in [1.29, 1.82) is 0 Å². The molecule has 88 valence electrons. The highest BCUT2D eigenvalue weighted by atomic mass is 15.2. The average Bonchev–Trinajstić information content (AvgIpc) is 3.13. The van der Waals surface area contributed by atoms with E-state index < -0.39 is 0 Å². The number of hydrogen-bond acceptors (Lipinski definition) is 2. The summed E-state index contributed by atoms with van der Waals surface area (Å²) in [6.45, 7) is 4.28. The Labute approximate surface area is 98.7 Å². The molecule has 1 saturated carbocycles. The first-order chi connectivity index (χ1) is 7.81. The summed E-state index contributed by atoms with van der Waals surface area (Å²) in [7, 11) is 2.20. The normalized spacial score (nSPS) is 15.1. The van der Waals surface area contributed by atoms with Gasteiger partial charge in [-0.25, -0.2) is 0 Å². The molecule has 2 nitrogen and oxygen atoms in total. The zero-order chi connectivity index (χ0) is 11.4. The molecule has 0 bridgehead atoms. The van der Waals surface area contributed by atoms with Crippen LogP contribution >= 0.6 is 0 Å². The molecule has 0 aliphatic heterocycles. The van der Waals surface area contributed by atoms with Gasteiger partial charge in [0.25, 0.3) is 0 Å². The molecule has 1 aromatic carbocycles. The molecule has 1 fully saturated rings. The zero-order valence-corrected chi connectivity index (χ0v) is 10.4. The Morgan fingerprint density at radius 3 is 2.50 bits per heavy atom. The van der Waals surface area contributed by atoms with Gasteiger partial charge >= 0.3 is 0 Å². The Morgan fingerprint density at radius 1 is 1.25 bits per heavy atom. The SMILES string of the molecule is CCCNCc1ccc(N(C)C2CC2)cc1. The number of benzene rings is 1. The topological polar surface area (TPSA) is 15.3 Å². The highest BCUT2D eigenvalue weighted by molar-refractivity contribution is 5.48. The lowest BCUT2D eigenvalue weighted by atomic mass is 10.2. The highest BCUT2D eigenvalue weighted by Gasteiger charge is 2.26. The summed E-state index contributed by atoms with van der Waals surface area (Å²) >= 11 is 0. The fourth-order valence-electron chi connectivity index (χ4n) is 1.93. The second kappa shape index (κ2) is 5.35. The van der Waals surface area contributed by atoms with E-state index in [-0.39, 0.29) is 0 Å². The molecule has 0 heterocycles. The van der Waals surface area contributed by atoms with E-state index in [9.17, 15) is 0 Å². The van der Waals surface area contributed by atoms with Gasteiger partial charge < -0.3 is 10.2 Å². The molecule has 1 aromatic rings. The third kappa shape index (κ3) is 2.99. The van der Waals surface area contributed by atoms with Crippen LogP contribution in [0.25, 0.3) is 0 Å². The van der Waals surface area contributed by atoms with Crippen LogP contribution in [0.2, 0.25) is 0 Å². The molecule has 0 aromatic heterocycles. The van der Waals surface area contributed by atoms with Crippen LogP contribution in [0.15, 0.2) is 24.3 Å². The minimum atomic E-state index is 0.795. The van der Waals surface area contributed by atoms with Gasteiger partial charge in [0.2, 0.25) is 0 Å². The van der Waals surface area contributed by atoms with Crippen LogP contribution in [-0.4, -0.2) is 19.6 Å². The summed E-state index contributed by atoms with van der Waals surface area (Å²) in [5.74, 6) is 0. The van der Waals surface area contributed by atoms with Crippen LogP contribution in [0.4, 0.5) is 5.69 Å². The minimum absolute atomic E-state index is 0.795. The molecule has 2 rings (SSSR count). The van der Waals surface area contributed by atoms with Gasteiger partial charge in [-0.2, -0.15) is 0 Å². The molecule has 0 amide bonds. The maximum absolute atomic E-state index is 3.42. The third-order valence-corrected chi connectivity index (χ3v) is 3.19. The van der Waals surface area contributed by atoms with Crippen LogP contribution < -0.4 is 10.2 Å². The Hall–Kier alpha value is -1.02. The molecule has 0 saturated heterocycles. The van der Waals surface area contributed by atoms with Gasteiger partial charge in [-0.15, -0.1) is 0 Å². The number of nitrogens with zero attached hydrogens (tertiary/aromatic N) is 1. The maximum atomic E-state index is 3.42. The van der Waals surface area contributed by atoms with Crippen LogP contribution in [0.1, 0.15) is 31.7 Å². The maximum Gasteiger partial charge on any atom is 0.0366 e. The monoisotopic (exact) mass is 218 g/mol. The highest BCUT2D eigenvalue weighted by Crippen LogP contribution is 2.29. The molecule has 0 radical (unpaired) electrons. The van der Waals surface area contributed by atoms with Gasteiger partial charge in [-0.05, 0) is 43.5 Å². The fourth-order valence-corrected chi connectivity index (χ4v) is 1.93. The van der Waals surface area contributed by atoms with Crippen molar-refractivity contribution in [1.82, 2.24) is 5.32 Å². The van der Waals surface area contributed by atoms with Crippen molar-refractivity contribution in [3.05, 3.63) is 29.8 Å². The summed E-state index contributed by atoms with van der Waals surface area (Å²) in [5.41, 5.74) is 2.73. The lowest BCUT2D eigenvalue weighted by Crippen LogP contribution is -2.19. The quantitative estimate of drug-likeness (QED) is 0.739. The molecule has 1 aliphatic carbocycles. The van der Waals surface area contributed by atoms with Crippen molar-refractivity contribution in [3.8, 4) is 0 Å². The molecule has 16 heavy (non-hydrogen) atoms. The van der Waals surface area contributed by atoms with Gasteiger partial charge in [0.1, 0.15) is 0 Å². The number of rotatable bonds is 6. The Balaban J connectivity index is 1.88. The number of anilines is 1. The molecule has 0 atom stereocenters. The van der Waals surface area contributed by atoms with E-state index in [1.165, 1.54) is 30.5 Å². The van der Waals surface area contributed by atoms with Crippen LogP contribution in [0, 0.1) is 0 Å². The Morgan fingerprint density at radius 2 is 1.94 bits per heavy atom. The zero-order valence-electron chi connectivity index (χ0n) is 10.4. The first-order valence-corrected chi connectivity index (χ1v) is 6.33. The predicted octanol–water partition coefficient (Wildman–Crippen LogP) is 2.78. The number of nitrogens with one attached hydrogen (secondary N) is 1. The predicted molar refractivity (Wildman–Crippen MR) is 69.9 cm³/mol. The van der Waals surface area contributed by atoms with E-state index >= 15 is 0 Å². The lowest BCUT2D eigenvalue weighted by molar-refractivity contribution is 0.675. The molecular weight excluding hydrogens is 196 g/mol. The standard InChI is InChI=1S/C14H22N2/c1-3-10-15-11-12-4-6-13(7-5-12)16(2)14-8-9-14/h4-7,14-15H,3,8-11H2,1-2H3. The van der Waals surface area contributed by atoms with Gasteiger partial charge in [0.05, 0.1) is 0 Å². The molecular formula is C14H22N2. The molecule has 1 N–H and O–H groups in total. The Kier molecular flexibility index (Phi) is 3.83. The summed E-state index contributed by atoms with van der Waals surface area (Å²) in [5, 5.41) is 3.42. The van der Waals surface area contributed by atoms with E-state index in [0.29, 0.717) is 0 Å².